The van der Waals surface area contributed by atoms with Crippen molar-refractivity contribution in [2.45, 2.75) is 18.9 Å². The zero-order valence-electron chi connectivity index (χ0n) is 6.73. The first kappa shape index (κ1) is 11.7. The maximum atomic E-state index is 10.3. The Balaban J connectivity index is 0.00000121. The molecule has 5 heteroatoms. The van der Waals surface area contributed by atoms with Gasteiger partial charge in [-0.2, -0.15) is 0 Å². The Morgan fingerprint density at radius 3 is 2.83 bits per heavy atom. The van der Waals surface area contributed by atoms with E-state index in [-0.39, 0.29) is 12.4 Å². The number of hydrogen-bond donors (Lipinski definition) is 2. The second-order valence-electron chi connectivity index (χ2n) is 2.91. The van der Waals surface area contributed by atoms with Crippen LogP contribution in [0.3, 0.4) is 0 Å². The number of aliphatic carboxylic acids is 1. The molecule has 0 aromatic rings. The lowest BCUT2D eigenvalue weighted by Crippen LogP contribution is -2.32. The molecule has 1 aliphatic rings. The molecule has 1 fully saturated rings. The fourth-order valence-corrected chi connectivity index (χ4v) is 1.23. The first-order chi connectivity index (χ1) is 5.20. The predicted octanol–water partition coefficient (Wildman–Crippen LogP) is 0.247. The molecule has 1 heterocycles. The van der Waals surface area contributed by atoms with Crippen LogP contribution in [-0.2, 0) is 9.53 Å². The number of rotatable bonds is 3. The normalized spacial score (nSPS) is 24.6. The Labute approximate surface area is 77.5 Å². The Bertz CT molecular complexity index is 148. The molecule has 1 unspecified atom stereocenters. The van der Waals surface area contributed by atoms with Crippen LogP contribution >= 0.6 is 12.4 Å². The average molecular weight is 196 g/mol. The van der Waals surface area contributed by atoms with Crippen LogP contribution in [0.5, 0.6) is 0 Å². The molecule has 0 radical (unpaired) electrons. The minimum atomic E-state index is -0.920. The van der Waals surface area contributed by atoms with Crippen molar-refractivity contribution in [1.29, 1.82) is 0 Å². The Kier molecular flexibility index (Phi) is 5.20. The third kappa shape index (κ3) is 3.38. The number of halogens is 1. The van der Waals surface area contributed by atoms with Crippen molar-refractivity contribution in [2.24, 2.45) is 11.7 Å². The third-order valence-corrected chi connectivity index (χ3v) is 1.93. The SMILES string of the molecule is Cl.N[C@@H](CC1CCOC1)C(=O)O. The number of hydrogen-bond acceptors (Lipinski definition) is 3. The molecule has 0 spiro atoms. The van der Waals surface area contributed by atoms with Crippen molar-refractivity contribution in [3.63, 3.8) is 0 Å². The molecule has 1 saturated heterocycles. The van der Waals surface area contributed by atoms with Gasteiger partial charge in [-0.05, 0) is 18.8 Å². The monoisotopic (exact) mass is 195 g/mol. The van der Waals surface area contributed by atoms with Gasteiger partial charge in [0.25, 0.3) is 0 Å². The number of ether oxygens (including phenoxy) is 1. The van der Waals surface area contributed by atoms with Crippen molar-refractivity contribution in [1.82, 2.24) is 0 Å². The number of carbonyl (C=O) groups is 1. The molecule has 1 rings (SSSR count). The topological polar surface area (TPSA) is 72.5 Å². The van der Waals surface area contributed by atoms with Crippen molar-refractivity contribution in [3.05, 3.63) is 0 Å². The van der Waals surface area contributed by atoms with Gasteiger partial charge in [-0.3, -0.25) is 4.79 Å². The highest BCUT2D eigenvalue weighted by molar-refractivity contribution is 5.85. The van der Waals surface area contributed by atoms with Crippen LogP contribution in [0.25, 0.3) is 0 Å². The Morgan fingerprint density at radius 1 is 1.75 bits per heavy atom. The molecule has 1 aliphatic heterocycles. The summed E-state index contributed by atoms with van der Waals surface area (Å²) >= 11 is 0. The molecule has 3 N–H and O–H groups in total. The van der Waals surface area contributed by atoms with E-state index >= 15 is 0 Å². The van der Waals surface area contributed by atoms with Crippen molar-refractivity contribution >= 4 is 18.4 Å². The number of nitrogens with two attached hydrogens (primary N) is 1. The average Bonchev–Trinajstić information content (AvgIpc) is 2.39. The summed E-state index contributed by atoms with van der Waals surface area (Å²) in [4.78, 5) is 10.3. The second-order valence-corrected chi connectivity index (χ2v) is 2.91. The largest absolute Gasteiger partial charge is 0.480 e. The number of carboxylic acids is 1. The lowest BCUT2D eigenvalue weighted by Gasteiger charge is -2.10. The van der Waals surface area contributed by atoms with Gasteiger partial charge in [-0.15, -0.1) is 12.4 Å². The molecule has 4 nitrogen and oxygen atoms in total. The molecule has 0 bridgehead atoms. The number of carboxylic acid groups (broad SMARTS) is 1. The van der Waals surface area contributed by atoms with Crippen LogP contribution in [0.2, 0.25) is 0 Å². The fourth-order valence-electron chi connectivity index (χ4n) is 1.23. The quantitative estimate of drug-likeness (QED) is 0.677. The van der Waals surface area contributed by atoms with E-state index < -0.39 is 12.0 Å². The fraction of sp³-hybridized carbons (Fsp3) is 0.857. The smallest absolute Gasteiger partial charge is 0.320 e. The summed E-state index contributed by atoms with van der Waals surface area (Å²) in [5, 5.41) is 8.48. The van der Waals surface area contributed by atoms with E-state index in [2.05, 4.69) is 0 Å². The van der Waals surface area contributed by atoms with E-state index in [0.717, 1.165) is 13.0 Å². The van der Waals surface area contributed by atoms with Crippen molar-refractivity contribution in [3.8, 4) is 0 Å². The van der Waals surface area contributed by atoms with Crippen LogP contribution < -0.4 is 5.73 Å². The molecule has 0 aliphatic carbocycles. The molecule has 0 aromatic carbocycles. The minimum absolute atomic E-state index is 0. The molecule has 0 saturated carbocycles. The van der Waals surface area contributed by atoms with Crippen molar-refractivity contribution in [2.75, 3.05) is 13.2 Å². The van der Waals surface area contributed by atoms with E-state index in [1.807, 2.05) is 0 Å². The van der Waals surface area contributed by atoms with E-state index in [1.54, 1.807) is 0 Å². The first-order valence-electron chi connectivity index (χ1n) is 3.76. The minimum Gasteiger partial charge on any atom is -0.480 e. The first-order valence-corrected chi connectivity index (χ1v) is 3.76. The van der Waals surface area contributed by atoms with E-state index in [0.29, 0.717) is 18.9 Å². The van der Waals surface area contributed by atoms with Crippen molar-refractivity contribution < 1.29 is 14.6 Å². The molecule has 0 aromatic heterocycles. The molecular formula is C7H14ClNO3. The van der Waals surface area contributed by atoms with Gasteiger partial charge in [0, 0.05) is 13.2 Å². The van der Waals surface area contributed by atoms with Crippen LogP contribution in [0.1, 0.15) is 12.8 Å². The van der Waals surface area contributed by atoms with Crippen LogP contribution in [0.15, 0.2) is 0 Å². The van der Waals surface area contributed by atoms with Gasteiger partial charge in [0.15, 0.2) is 0 Å². The Morgan fingerprint density at radius 2 is 2.42 bits per heavy atom. The van der Waals surface area contributed by atoms with Gasteiger partial charge in [0.2, 0.25) is 0 Å². The lowest BCUT2D eigenvalue weighted by molar-refractivity contribution is -0.138. The van der Waals surface area contributed by atoms with Crippen LogP contribution in [-0.4, -0.2) is 30.3 Å². The second kappa shape index (κ2) is 5.35. The van der Waals surface area contributed by atoms with E-state index in [4.69, 9.17) is 15.6 Å². The van der Waals surface area contributed by atoms with Gasteiger partial charge >= 0.3 is 5.97 Å². The maximum absolute atomic E-state index is 10.3. The molecule has 0 amide bonds. The zero-order valence-corrected chi connectivity index (χ0v) is 7.55. The summed E-state index contributed by atoms with van der Waals surface area (Å²) in [7, 11) is 0. The van der Waals surface area contributed by atoms with Gasteiger partial charge in [0.1, 0.15) is 6.04 Å². The van der Waals surface area contributed by atoms with Gasteiger partial charge in [-0.25, -0.2) is 0 Å². The lowest BCUT2D eigenvalue weighted by atomic mass is 10.00. The highest BCUT2D eigenvalue weighted by atomic mass is 35.5. The summed E-state index contributed by atoms with van der Waals surface area (Å²) in [5.41, 5.74) is 5.34. The molecule has 72 valence electrons. The van der Waals surface area contributed by atoms with Crippen LogP contribution in [0, 0.1) is 5.92 Å². The highest BCUT2D eigenvalue weighted by Crippen LogP contribution is 2.17. The van der Waals surface area contributed by atoms with Gasteiger partial charge < -0.3 is 15.6 Å². The molecule has 12 heavy (non-hydrogen) atoms. The van der Waals surface area contributed by atoms with Gasteiger partial charge in [0.05, 0.1) is 0 Å². The maximum Gasteiger partial charge on any atom is 0.320 e. The summed E-state index contributed by atoms with van der Waals surface area (Å²) in [5.74, 6) is -0.571. The Hall–Kier alpha value is -0.320. The molecular weight excluding hydrogens is 182 g/mol. The van der Waals surface area contributed by atoms with Crippen LogP contribution in [0.4, 0.5) is 0 Å². The summed E-state index contributed by atoms with van der Waals surface area (Å²) < 4.78 is 5.09. The van der Waals surface area contributed by atoms with E-state index in [1.165, 1.54) is 0 Å². The zero-order chi connectivity index (χ0) is 8.27. The summed E-state index contributed by atoms with van der Waals surface area (Å²) in [6, 6.07) is -0.721. The van der Waals surface area contributed by atoms with E-state index in [9.17, 15) is 4.79 Å². The third-order valence-electron chi connectivity index (χ3n) is 1.93. The summed E-state index contributed by atoms with van der Waals surface area (Å²) in [6.45, 7) is 1.41. The summed E-state index contributed by atoms with van der Waals surface area (Å²) in [6.07, 6.45) is 1.48. The standard InChI is InChI=1S/C7H13NO3.ClH/c8-6(7(9)10)3-5-1-2-11-4-5;/h5-6H,1-4,8H2,(H,9,10);1H/t5?,6-;/m0./s1. The van der Waals surface area contributed by atoms with Gasteiger partial charge in [-0.1, -0.05) is 0 Å². The highest BCUT2D eigenvalue weighted by Gasteiger charge is 2.21. The molecule has 2 atom stereocenters. The predicted molar refractivity (Wildman–Crippen MR) is 46.4 cm³/mol.